The predicted octanol–water partition coefficient (Wildman–Crippen LogP) is 1.50. The van der Waals surface area contributed by atoms with E-state index in [1.807, 2.05) is 0 Å². The molecule has 5 heteroatoms. The number of hydrogen-bond acceptors (Lipinski definition) is 3. The summed E-state index contributed by atoms with van der Waals surface area (Å²) in [6.45, 7) is 1.30. The molecule has 4 nitrogen and oxygen atoms in total. The van der Waals surface area contributed by atoms with Gasteiger partial charge in [-0.05, 0) is 23.7 Å². The van der Waals surface area contributed by atoms with E-state index in [1.165, 1.54) is 19.1 Å². The summed E-state index contributed by atoms with van der Waals surface area (Å²) in [5.74, 6) is -0.135. The van der Waals surface area contributed by atoms with Gasteiger partial charge in [0, 0.05) is 6.92 Å². The predicted molar refractivity (Wildman–Crippen MR) is 51.1 cm³/mol. The first-order chi connectivity index (χ1) is 6.61. The normalized spacial score (nSPS) is 9.29. The van der Waals surface area contributed by atoms with Gasteiger partial charge in [0.15, 0.2) is 5.75 Å². The van der Waals surface area contributed by atoms with Crippen molar-refractivity contribution >= 4 is 22.8 Å². The van der Waals surface area contributed by atoms with Crippen LogP contribution in [-0.2, 0) is 4.79 Å². The summed E-state index contributed by atoms with van der Waals surface area (Å²) >= 11 is 5.29. The van der Waals surface area contributed by atoms with Crippen LogP contribution in [0.3, 0.4) is 0 Å². The van der Waals surface area contributed by atoms with Gasteiger partial charge in [-0.3, -0.25) is 9.59 Å². The molecule has 0 unspecified atom stereocenters. The molecule has 0 saturated heterocycles. The lowest BCUT2D eigenvalue weighted by atomic mass is 10.2. The van der Waals surface area contributed by atoms with Gasteiger partial charge in [-0.2, -0.15) is 5.48 Å². The molecule has 0 aliphatic rings. The van der Waals surface area contributed by atoms with E-state index in [9.17, 15) is 9.59 Å². The highest BCUT2D eigenvalue weighted by molar-refractivity contribution is 6.68. The molecule has 1 rings (SSSR count). The topological polar surface area (TPSA) is 55.4 Å². The van der Waals surface area contributed by atoms with Crippen molar-refractivity contribution in [1.82, 2.24) is 5.48 Å². The maximum Gasteiger partial charge on any atom is 0.256 e. The van der Waals surface area contributed by atoms with Crippen molar-refractivity contribution in [1.29, 1.82) is 0 Å². The molecule has 0 radical (unpaired) electrons. The lowest BCUT2D eigenvalue weighted by Gasteiger charge is -2.06. The smallest absolute Gasteiger partial charge is 0.256 e. The number of para-hydroxylation sites is 1. The van der Waals surface area contributed by atoms with Gasteiger partial charge in [0.1, 0.15) is 0 Å². The monoisotopic (exact) mass is 213 g/mol. The SMILES string of the molecule is CC(=O)NOc1ccccc1C(=O)Cl. The quantitative estimate of drug-likeness (QED) is 0.612. The van der Waals surface area contributed by atoms with Gasteiger partial charge in [0.25, 0.3) is 5.24 Å². The van der Waals surface area contributed by atoms with E-state index >= 15 is 0 Å². The van der Waals surface area contributed by atoms with E-state index in [-0.39, 0.29) is 17.2 Å². The number of nitrogens with one attached hydrogen (secondary N) is 1. The van der Waals surface area contributed by atoms with Gasteiger partial charge in [-0.15, -0.1) is 0 Å². The molecule has 0 fully saturated rings. The zero-order chi connectivity index (χ0) is 10.6. The molecular weight excluding hydrogens is 206 g/mol. The fourth-order valence-electron chi connectivity index (χ4n) is 0.845. The number of hydrogen-bond donors (Lipinski definition) is 1. The Bertz CT molecular complexity index is 365. The van der Waals surface area contributed by atoms with Crippen LogP contribution in [0.25, 0.3) is 0 Å². The lowest BCUT2D eigenvalue weighted by Crippen LogP contribution is -2.24. The van der Waals surface area contributed by atoms with Crippen LogP contribution in [0, 0.1) is 0 Å². The maximum atomic E-state index is 10.9. The summed E-state index contributed by atoms with van der Waals surface area (Å²) < 4.78 is 0. The molecule has 1 N–H and O–H groups in total. The molecule has 1 aromatic carbocycles. The second kappa shape index (κ2) is 4.62. The van der Waals surface area contributed by atoms with Crippen LogP contribution < -0.4 is 10.3 Å². The van der Waals surface area contributed by atoms with Crippen molar-refractivity contribution in [2.75, 3.05) is 0 Å². The van der Waals surface area contributed by atoms with E-state index in [1.54, 1.807) is 12.1 Å². The second-order valence-electron chi connectivity index (χ2n) is 2.53. The molecule has 1 aromatic rings. The second-order valence-corrected chi connectivity index (χ2v) is 2.87. The molecule has 0 saturated carbocycles. The summed E-state index contributed by atoms with van der Waals surface area (Å²) in [7, 11) is 0. The molecular formula is C9H8ClNO3. The first-order valence-electron chi connectivity index (χ1n) is 3.83. The third kappa shape index (κ3) is 2.74. The number of hydroxylamine groups is 1. The molecule has 0 atom stereocenters. The number of amides is 1. The minimum absolute atomic E-state index is 0.211. The number of carbonyl (C=O) groups is 2. The third-order valence-electron chi connectivity index (χ3n) is 1.40. The van der Waals surface area contributed by atoms with Crippen molar-refractivity contribution < 1.29 is 14.4 Å². The first kappa shape index (κ1) is 10.5. The Morgan fingerprint density at radius 3 is 2.57 bits per heavy atom. The van der Waals surface area contributed by atoms with Crippen LogP contribution in [0.2, 0.25) is 0 Å². The van der Waals surface area contributed by atoms with Gasteiger partial charge in [0.2, 0.25) is 5.91 Å². The van der Waals surface area contributed by atoms with Crippen molar-refractivity contribution in [3.8, 4) is 5.75 Å². The number of benzene rings is 1. The van der Waals surface area contributed by atoms with Crippen molar-refractivity contribution in [2.24, 2.45) is 0 Å². The first-order valence-corrected chi connectivity index (χ1v) is 4.21. The molecule has 74 valence electrons. The van der Waals surface area contributed by atoms with E-state index in [4.69, 9.17) is 16.4 Å². The van der Waals surface area contributed by atoms with Crippen LogP contribution in [0.15, 0.2) is 24.3 Å². The lowest BCUT2D eigenvalue weighted by molar-refractivity contribution is -0.125. The number of rotatable bonds is 3. The Hall–Kier alpha value is -1.55. The highest BCUT2D eigenvalue weighted by atomic mass is 35.5. The fourth-order valence-corrected chi connectivity index (χ4v) is 1.00. The van der Waals surface area contributed by atoms with E-state index in [0.29, 0.717) is 0 Å². The molecule has 14 heavy (non-hydrogen) atoms. The molecule has 0 aromatic heterocycles. The molecule has 0 bridgehead atoms. The van der Waals surface area contributed by atoms with Gasteiger partial charge in [-0.25, -0.2) is 0 Å². The Morgan fingerprint density at radius 1 is 1.36 bits per heavy atom. The standard InChI is InChI=1S/C9H8ClNO3/c1-6(12)11-14-8-5-3-2-4-7(8)9(10)13/h2-5H,1H3,(H,11,12). The minimum Gasteiger partial charge on any atom is -0.379 e. The molecule has 1 amide bonds. The van der Waals surface area contributed by atoms with E-state index in [0.717, 1.165) is 0 Å². The van der Waals surface area contributed by atoms with Crippen molar-refractivity contribution in [2.45, 2.75) is 6.92 Å². The van der Waals surface area contributed by atoms with Crippen molar-refractivity contribution in [3.05, 3.63) is 29.8 Å². The molecule has 0 aliphatic carbocycles. The highest BCUT2D eigenvalue weighted by Gasteiger charge is 2.09. The van der Waals surface area contributed by atoms with Gasteiger partial charge in [-0.1, -0.05) is 12.1 Å². The summed E-state index contributed by atoms with van der Waals surface area (Å²) in [6.07, 6.45) is 0. The Kier molecular flexibility index (Phi) is 3.48. The highest BCUT2D eigenvalue weighted by Crippen LogP contribution is 2.18. The van der Waals surface area contributed by atoms with Crippen LogP contribution in [-0.4, -0.2) is 11.1 Å². The van der Waals surface area contributed by atoms with Crippen LogP contribution in [0.5, 0.6) is 5.75 Å². The van der Waals surface area contributed by atoms with Gasteiger partial charge >= 0.3 is 0 Å². The number of halogens is 1. The van der Waals surface area contributed by atoms with Gasteiger partial charge < -0.3 is 4.84 Å². The average Bonchev–Trinajstić information content (AvgIpc) is 2.15. The number of carbonyl (C=O) groups excluding carboxylic acids is 2. The van der Waals surface area contributed by atoms with Gasteiger partial charge in [0.05, 0.1) is 5.56 Å². The minimum atomic E-state index is -0.633. The van der Waals surface area contributed by atoms with Crippen molar-refractivity contribution in [3.63, 3.8) is 0 Å². The summed E-state index contributed by atoms with van der Waals surface area (Å²) in [5, 5.41) is -0.633. The zero-order valence-corrected chi connectivity index (χ0v) is 8.17. The summed E-state index contributed by atoms with van der Waals surface area (Å²) in [6, 6.07) is 6.36. The van der Waals surface area contributed by atoms with E-state index < -0.39 is 5.24 Å². The largest absolute Gasteiger partial charge is 0.379 e. The maximum absolute atomic E-state index is 10.9. The Balaban J connectivity index is 2.84. The summed E-state index contributed by atoms with van der Waals surface area (Å²) in [4.78, 5) is 26.3. The van der Waals surface area contributed by atoms with Crippen LogP contribution in [0.1, 0.15) is 17.3 Å². The Labute approximate surface area is 85.8 Å². The third-order valence-corrected chi connectivity index (χ3v) is 1.61. The van der Waals surface area contributed by atoms with E-state index in [2.05, 4.69) is 5.48 Å². The van der Waals surface area contributed by atoms with Crippen LogP contribution >= 0.6 is 11.6 Å². The zero-order valence-electron chi connectivity index (χ0n) is 7.41. The molecule has 0 aliphatic heterocycles. The summed E-state index contributed by atoms with van der Waals surface area (Å²) in [5.41, 5.74) is 2.32. The molecule has 0 heterocycles. The Morgan fingerprint density at radius 2 is 2.00 bits per heavy atom. The fraction of sp³-hybridized carbons (Fsp3) is 0.111. The average molecular weight is 214 g/mol. The molecule has 0 spiro atoms. The van der Waals surface area contributed by atoms with Crippen LogP contribution in [0.4, 0.5) is 0 Å².